The first kappa shape index (κ1) is 12.4. The second-order valence-electron chi connectivity index (χ2n) is 5.36. The van der Waals surface area contributed by atoms with Crippen LogP contribution in [0.3, 0.4) is 0 Å². The molecule has 0 aliphatic heterocycles. The normalized spacial score (nSPS) is 16.5. The summed E-state index contributed by atoms with van der Waals surface area (Å²) in [6, 6.07) is 9.38. The number of aromatic amines is 1. The molecule has 1 aliphatic carbocycles. The fraction of sp³-hybridized carbons (Fsp3) is 0.467. The number of hydrogen-bond acceptors (Lipinski definition) is 3. The Hall–Kier alpha value is -1.68. The Morgan fingerprint density at radius 1 is 1.32 bits per heavy atom. The molecule has 0 radical (unpaired) electrons. The van der Waals surface area contributed by atoms with Crippen molar-refractivity contribution in [3.63, 3.8) is 0 Å². The molecule has 4 heteroatoms. The molecule has 3 rings (SSSR count). The van der Waals surface area contributed by atoms with Crippen molar-refractivity contribution in [2.75, 3.05) is 6.54 Å². The van der Waals surface area contributed by atoms with E-state index in [4.69, 9.17) is 0 Å². The van der Waals surface area contributed by atoms with E-state index >= 15 is 0 Å². The quantitative estimate of drug-likeness (QED) is 0.834. The van der Waals surface area contributed by atoms with Crippen LogP contribution in [0.25, 0.3) is 0 Å². The zero-order chi connectivity index (χ0) is 13.1. The van der Waals surface area contributed by atoms with E-state index in [1.165, 1.54) is 24.0 Å². The van der Waals surface area contributed by atoms with Crippen LogP contribution in [0.5, 0.6) is 0 Å². The van der Waals surface area contributed by atoms with E-state index in [0.717, 1.165) is 24.7 Å². The standard InChI is InChI=1S/C15H20N4/c1-11-2-4-12(5-3-11)15(13-6-7-13)16-9-8-14-17-10-18-19-14/h2-5,10,13,15-16H,6-9H2,1H3,(H,17,18,19). The van der Waals surface area contributed by atoms with Crippen molar-refractivity contribution in [2.24, 2.45) is 5.92 Å². The first-order chi connectivity index (χ1) is 9.33. The third kappa shape index (κ3) is 3.20. The van der Waals surface area contributed by atoms with Crippen molar-refractivity contribution in [3.8, 4) is 0 Å². The molecule has 1 fully saturated rings. The molecule has 1 aromatic heterocycles. The highest BCUT2D eigenvalue weighted by Crippen LogP contribution is 2.40. The highest BCUT2D eigenvalue weighted by molar-refractivity contribution is 5.25. The fourth-order valence-corrected chi connectivity index (χ4v) is 2.46. The lowest BCUT2D eigenvalue weighted by molar-refractivity contribution is 0.481. The minimum absolute atomic E-state index is 0.489. The first-order valence-electron chi connectivity index (χ1n) is 6.97. The smallest absolute Gasteiger partial charge is 0.137 e. The van der Waals surface area contributed by atoms with Crippen LogP contribution in [0.1, 0.15) is 35.8 Å². The van der Waals surface area contributed by atoms with Gasteiger partial charge in [-0.05, 0) is 31.2 Å². The summed E-state index contributed by atoms with van der Waals surface area (Å²) >= 11 is 0. The maximum absolute atomic E-state index is 4.15. The van der Waals surface area contributed by atoms with Gasteiger partial charge in [0.15, 0.2) is 0 Å². The molecule has 1 unspecified atom stereocenters. The molecule has 0 amide bonds. The Morgan fingerprint density at radius 3 is 2.74 bits per heavy atom. The van der Waals surface area contributed by atoms with Crippen LogP contribution >= 0.6 is 0 Å². The van der Waals surface area contributed by atoms with E-state index in [2.05, 4.69) is 51.7 Å². The van der Waals surface area contributed by atoms with Gasteiger partial charge in [0.1, 0.15) is 12.2 Å². The van der Waals surface area contributed by atoms with Crippen LogP contribution < -0.4 is 5.32 Å². The summed E-state index contributed by atoms with van der Waals surface area (Å²) in [5.74, 6) is 1.75. The number of hydrogen-bond donors (Lipinski definition) is 2. The first-order valence-corrected chi connectivity index (χ1v) is 6.97. The maximum Gasteiger partial charge on any atom is 0.137 e. The molecule has 19 heavy (non-hydrogen) atoms. The monoisotopic (exact) mass is 256 g/mol. The number of H-pyrrole nitrogens is 1. The number of nitrogens with zero attached hydrogens (tertiary/aromatic N) is 2. The topological polar surface area (TPSA) is 53.6 Å². The van der Waals surface area contributed by atoms with Gasteiger partial charge in [-0.25, -0.2) is 4.98 Å². The van der Waals surface area contributed by atoms with Crippen molar-refractivity contribution in [1.82, 2.24) is 20.5 Å². The van der Waals surface area contributed by atoms with E-state index in [1.807, 2.05) is 0 Å². The van der Waals surface area contributed by atoms with Crippen LogP contribution in [-0.2, 0) is 6.42 Å². The molecule has 1 aliphatic rings. The highest BCUT2D eigenvalue weighted by Gasteiger charge is 2.31. The molecule has 1 atom stereocenters. The van der Waals surface area contributed by atoms with Gasteiger partial charge in [0, 0.05) is 19.0 Å². The van der Waals surface area contributed by atoms with E-state index < -0.39 is 0 Å². The molecule has 0 spiro atoms. The molecule has 1 saturated carbocycles. The van der Waals surface area contributed by atoms with Gasteiger partial charge in [-0.15, -0.1) is 0 Å². The minimum Gasteiger partial charge on any atom is -0.309 e. The van der Waals surface area contributed by atoms with E-state index in [1.54, 1.807) is 6.33 Å². The number of aromatic nitrogens is 3. The number of nitrogens with one attached hydrogen (secondary N) is 2. The molecule has 0 bridgehead atoms. The van der Waals surface area contributed by atoms with Crippen molar-refractivity contribution >= 4 is 0 Å². The van der Waals surface area contributed by atoms with Crippen molar-refractivity contribution in [3.05, 3.63) is 47.5 Å². The number of benzene rings is 1. The molecule has 100 valence electrons. The summed E-state index contributed by atoms with van der Waals surface area (Å²) in [6.07, 6.45) is 5.14. The Morgan fingerprint density at radius 2 is 2.11 bits per heavy atom. The Balaban J connectivity index is 1.60. The highest BCUT2D eigenvalue weighted by atomic mass is 15.2. The van der Waals surface area contributed by atoms with Gasteiger partial charge in [0.05, 0.1) is 0 Å². The molecular formula is C15H20N4. The zero-order valence-electron chi connectivity index (χ0n) is 11.3. The Labute approximate surface area is 113 Å². The lowest BCUT2D eigenvalue weighted by Gasteiger charge is -2.18. The summed E-state index contributed by atoms with van der Waals surface area (Å²) in [5, 5.41) is 10.4. The van der Waals surface area contributed by atoms with E-state index in [0.29, 0.717) is 6.04 Å². The van der Waals surface area contributed by atoms with Gasteiger partial charge in [-0.2, -0.15) is 5.10 Å². The third-order valence-corrected chi connectivity index (χ3v) is 3.72. The number of rotatable bonds is 6. The predicted octanol–water partition coefficient (Wildman–Crippen LogP) is 2.40. The second kappa shape index (κ2) is 5.53. The SMILES string of the molecule is Cc1ccc(C(NCCc2ncn[nH]2)C2CC2)cc1. The van der Waals surface area contributed by atoms with Crippen LogP contribution in [0.15, 0.2) is 30.6 Å². The maximum atomic E-state index is 4.15. The molecule has 2 aromatic rings. The van der Waals surface area contributed by atoms with Gasteiger partial charge in [-0.3, -0.25) is 5.10 Å². The molecule has 1 heterocycles. The third-order valence-electron chi connectivity index (χ3n) is 3.72. The Bertz CT molecular complexity index is 499. The van der Waals surface area contributed by atoms with Crippen molar-refractivity contribution in [1.29, 1.82) is 0 Å². The minimum atomic E-state index is 0.489. The number of aryl methyl sites for hydroxylation is 1. The summed E-state index contributed by atoms with van der Waals surface area (Å²) in [4.78, 5) is 4.15. The molecule has 2 N–H and O–H groups in total. The molecule has 0 saturated heterocycles. The van der Waals surface area contributed by atoms with Gasteiger partial charge in [0.25, 0.3) is 0 Å². The average molecular weight is 256 g/mol. The second-order valence-corrected chi connectivity index (χ2v) is 5.36. The van der Waals surface area contributed by atoms with Gasteiger partial charge in [-0.1, -0.05) is 29.8 Å². The van der Waals surface area contributed by atoms with Gasteiger partial charge < -0.3 is 5.32 Å². The van der Waals surface area contributed by atoms with Gasteiger partial charge in [0.2, 0.25) is 0 Å². The summed E-state index contributed by atoms with van der Waals surface area (Å²) in [6.45, 7) is 3.07. The summed E-state index contributed by atoms with van der Waals surface area (Å²) < 4.78 is 0. The van der Waals surface area contributed by atoms with Crippen LogP contribution in [0, 0.1) is 12.8 Å². The van der Waals surface area contributed by atoms with E-state index in [9.17, 15) is 0 Å². The predicted molar refractivity (Wildman–Crippen MR) is 74.7 cm³/mol. The van der Waals surface area contributed by atoms with Crippen LogP contribution in [0.2, 0.25) is 0 Å². The lowest BCUT2D eigenvalue weighted by Crippen LogP contribution is -2.25. The summed E-state index contributed by atoms with van der Waals surface area (Å²) in [7, 11) is 0. The molecule has 4 nitrogen and oxygen atoms in total. The van der Waals surface area contributed by atoms with Crippen LogP contribution in [0.4, 0.5) is 0 Å². The Kier molecular flexibility index (Phi) is 3.60. The molecule has 1 aromatic carbocycles. The van der Waals surface area contributed by atoms with Crippen molar-refractivity contribution in [2.45, 2.75) is 32.2 Å². The average Bonchev–Trinajstić information content (AvgIpc) is 3.13. The van der Waals surface area contributed by atoms with Crippen LogP contribution in [-0.4, -0.2) is 21.7 Å². The zero-order valence-corrected chi connectivity index (χ0v) is 11.3. The lowest BCUT2D eigenvalue weighted by atomic mass is 10.0. The molecular weight excluding hydrogens is 236 g/mol. The van der Waals surface area contributed by atoms with E-state index in [-0.39, 0.29) is 0 Å². The van der Waals surface area contributed by atoms with Gasteiger partial charge >= 0.3 is 0 Å². The van der Waals surface area contributed by atoms with Crippen molar-refractivity contribution < 1.29 is 0 Å². The summed E-state index contributed by atoms with van der Waals surface area (Å²) in [5.41, 5.74) is 2.73. The fourth-order valence-electron chi connectivity index (χ4n) is 2.46. The largest absolute Gasteiger partial charge is 0.309 e.